The summed E-state index contributed by atoms with van der Waals surface area (Å²) in [5, 5.41) is 4.40. The van der Waals surface area contributed by atoms with E-state index in [2.05, 4.69) is 15.6 Å². The van der Waals surface area contributed by atoms with Crippen LogP contribution in [-0.4, -0.2) is 22.2 Å². The van der Waals surface area contributed by atoms with Gasteiger partial charge in [0.15, 0.2) is 5.17 Å². The molecular weight excluding hydrogens is 379 g/mol. The van der Waals surface area contributed by atoms with E-state index in [1.807, 2.05) is 6.07 Å². The molecule has 1 heterocycles. The highest BCUT2D eigenvalue weighted by Gasteiger charge is 2.35. The van der Waals surface area contributed by atoms with Gasteiger partial charge in [-0.25, -0.2) is 4.99 Å². The summed E-state index contributed by atoms with van der Waals surface area (Å²) in [4.78, 5) is 28.4. The second-order valence-electron chi connectivity index (χ2n) is 5.64. The maximum atomic E-state index is 13.0. The molecule has 1 atom stereocenters. The number of amidine groups is 1. The number of amides is 2. The minimum atomic E-state index is -4.58. The standard InChI is InChI=1S/C18H14F3N3O2S/c19-18(20,21)12-8-4-5-9-13(12)23-15(25)10-14-16(26)24-17(27-14)22-11-6-2-1-3-7-11/h1-9,14H,10H2,(H,23,25)(H,22,24,26)/t14-/m1/s1. The van der Waals surface area contributed by atoms with Gasteiger partial charge in [-0.15, -0.1) is 0 Å². The predicted molar refractivity (Wildman–Crippen MR) is 97.7 cm³/mol. The van der Waals surface area contributed by atoms with Gasteiger partial charge in [-0.05, 0) is 24.3 Å². The van der Waals surface area contributed by atoms with Crippen LogP contribution < -0.4 is 10.6 Å². The fraction of sp³-hybridized carbons (Fsp3) is 0.167. The summed E-state index contributed by atoms with van der Waals surface area (Å²) in [5.74, 6) is -1.09. The average Bonchev–Trinajstić information content (AvgIpc) is 2.94. The molecule has 3 rings (SSSR count). The minimum Gasteiger partial charge on any atom is -0.325 e. The van der Waals surface area contributed by atoms with E-state index in [1.165, 1.54) is 18.2 Å². The fourth-order valence-electron chi connectivity index (χ4n) is 2.42. The van der Waals surface area contributed by atoms with Crippen LogP contribution >= 0.6 is 11.8 Å². The van der Waals surface area contributed by atoms with Gasteiger partial charge in [-0.3, -0.25) is 9.59 Å². The molecule has 9 heteroatoms. The van der Waals surface area contributed by atoms with Crippen molar-refractivity contribution in [2.45, 2.75) is 17.8 Å². The van der Waals surface area contributed by atoms with Crippen molar-refractivity contribution in [3.05, 3.63) is 60.2 Å². The van der Waals surface area contributed by atoms with Crippen molar-refractivity contribution in [1.82, 2.24) is 5.32 Å². The van der Waals surface area contributed by atoms with Crippen LogP contribution in [0.4, 0.5) is 24.5 Å². The molecule has 5 nitrogen and oxygen atoms in total. The Morgan fingerprint density at radius 2 is 1.78 bits per heavy atom. The van der Waals surface area contributed by atoms with Crippen molar-refractivity contribution < 1.29 is 22.8 Å². The lowest BCUT2D eigenvalue weighted by Crippen LogP contribution is -2.28. The molecule has 1 aliphatic rings. The van der Waals surface area contributed by atoms with E-state index in [0.717, 1.165) is 17.8 Å². The van der Waals surface area contributed by atoms with Crippen LogP contribution in [0.3, 0.4) is 0 Å². The molecule has 0 bridgehead atoms. The second-order valence-corrected chi connectivity index (χ2v) is 6.84. The van der Waals surface area contributed by atoms with Gasteiger partial charge in [0.05, 0.1) is 16.9 Å². The van der Waals surface area contributed by atoms with E-state index in [-0.39, 0.29) is 12.1 Å². The highest BCUT2D eigenvalue weighted by molar-refractivity contribution is 8.15. The Morgan fingerprint density at radius 3 is 2.48 bits per heavy atom. The molecule has 0 spiro atoms. The molecule has 2 aromatic carbocycles. The van der Waals surface area contributed by atoms with Gasteiger partial charge in [-0.2, -0.15) is 13.2 Å². The quantitative estimate of drug-likeness (QED) is 0.826. The molecule has 0 radical (unpaired) electrons. The molecule has 2 N–H and O–H groups in total. The predicted octanol–water partition coefficient (Wildman–Crippen LogP) is 3.95. The number of nitrogens with zero attached hydrogens (tertiary/aromatic N) is 1. The van der Waals surface area contributed by atoms with Crippen LogP contribution in [0.15, 0.2) is 59.6 Å². The number of carbonyl (C=O) groups is 2. The zero-order valence-electron chi connectivity index (χ0n) is 13.8. The SMILES string of the molecule is O=C(C[C@H]1SC(=Nc2ccccc2)NC1=O)Nc1ccccc1C(F)(F)F. The van der Waals surface area contributed by atoms with Crippen molar-refractivity contribution >= 4 is 40.1 Å². The topological polar surface area (TPSA) is 70.6 Å². The Bertz CT molecular complexity index is 885. The molecule has 1 aliphatic heterocycles. The molecule has 27 heavy (non-hydrogen) atoms. The van der Waals surface area contributed by atoms with Crippen LogP contribution in [0.25, 0.3) is 0 Å². The Kier molecular flexibility index (Phi) is 5.50. The largest absolute Gasteiger partial charge is 0.418 e. The number of para-hydroxylation sites is 2. The number of rotatable bonds is 4. The molecule has 140 valence electrons. The lowest BCUT2D eigenvalue weighted by Gasteiger charge is -2.14. The number of nitrogens with one attached hydrogen (secondary N) is 2. The lowest BCUT2D eigenvalue weighted by atomic mass is 10.1. The monoisotopic (exact) mass is 393 g/mol. The first-order chi connectivity index (χ1) is 12.8. The molecule has 0 aliphatic carbocycles. The third kappa shape index (κ3) is 4.88. The summed E-state index contributed by atoms with van der Waals surface area (Å²) < 4.78 is 39.0. The minimum absolute atomic E-state index is 0.267. The molecule has 2 aromatic rings. The maximum absolute atomic E-state index is 13.0. The van der Waals surface area contributed by atoms with Crippen LogP contribution in [0.1, 0.15) is 12.0 Å². The number of carbonyl (C=O) groups excluding carboxylic acids is 2. The Hall–Kier alpha value is -2.81. The normalized spacial score (nSPS) is 18.4. The highest BCUT2D eigenvalue weighted by atomic mass is 32.2. The van der Waals surface area contributed by atoms with Crippen LogP contribution in [-0.2, 0) is 15.8 Å². The van der Waals surface area contributed by atoms with E-state index >= 15 is 0 Å². The van der Waals surface area contributed by atoms with E-state index in [4.69, 9.17) is 0 Å². The summed E-state index contributed by atoms with van der Waals surface area (Å²) in [6.45, 7) is 0. The average molecular weight is 393 g/mol. The molecule has 0 aromatic heterocycles. The number of anilines is 1. The Balaban J connectivity index is 1.65. The van der Waals surface area contributed by atoms with Gasteiger partial charge in [0.2, 0.25) is 11.8 Å². The van der Waals surface area contributed by atoms with Gasteiger partial charge < -0.3 is 10.6 Å². The number of hydrogen-bond donors (Lipinski definition) is 2. The molecular formula is C18H14F3N3O2S. The molecule has 0 saturated carbocycles. The summed E-state index contributed by atoms with van der Waals surface area (Å²) >= 11 is 1.07. The van der Waals surface area contributed by atoms with E-state index in [9.17, 15) is 22.8 Å². The zero-order chi connectivity index (χ0) is 19.4. The number of aliphatic imine (C=N–C) groups is 1. The summed E-state index contributed by atoms with van der Waals surface area (Å²) in [6.07, 6.45) is -4.85. The van der Waals surface area contributed by atoms with Crippen molar-refractivity contribution in [2.75, 3.05) is 5.32 Å². The number of halogens is 3. The van der Waals surface area contributed by atoms with E-state index < -0.39 is 28.8 Å². The molecule has 0 unspecified atom stereocenters. The smallest absolute Gasteiger partial charge is 0.325 e. The zero-order valence-corrected chi connectivity index (χ0v) is 14.6. The Morgan fingerprint density at radius 1 is 1.11 bits per heavy atom. The summed E-state index contributed by atoms with van der Waals surface area (Å²) in [6, 6.07) is 13.6. The van der Waals surface area contributed by atoms with E-state index in [0.29, 0.717) is 10.9 Å². The van der Waals surface area contributed by atoms with Gasteiger partial charge in [-0.1, -0.05) is 42.1 Å². The van der Waals surface area contributed by atoms with Crippen LogP contribution in [0.2, 0.25) is 0 Å². The molecule has 1 saturated heterocycles. The van der Waals surface area contributed by atoms with Crippen LogP contribution in [0, 0.1) is 0 Å². The molecule has 2 amide bonds. The molecule has 1 fully saturated rings. The first-order valence-corrected chi connectivity index (χ1v) is 8.78. The lowest BCUT2D eigenvalue weighted by molar-refractivity contribution is -0.137. The van der Waals surface area contributed by atoms with Gasteiger partial charge in [0.25, 0.3) is 0 Å². The summed E-state index contributed by atoms with van der Waals surface area (Å²) in [5.41, 5.74) is -0.630. The Labute approximate surface area is 157 Å². The fourth-order valence-corrected chi connectivity index (χ4v) is 3.41. The van der Waals surface area contributed by atoms with Crippen molar-refractivity contribution in [2.24, 2.45) is 4.99 Å². The first-order valence-electron chi connectivity index (χ1n) is 7.90. The van der Waals surface area contributed by atoms with Crippen molar-refractivity contribution in [1.29, 1.82) is 0 Å². The maximum Gasteiger partial charge on any atom is 0.418 e. The number of alkyl halides is 3. The summed E-state index contributed by atoms with van der Waals surface area (Å²) in [7, 11) is 0. The van der Waals surface area contributed by atoms with Gasteiger partial charge in [0.1, 0.15) is 5.25 Å². The third-order valence-electron chi connectivity index (χ3n) is 3.64. The first kappa shape index (κ1) is 19.0. The third-order valence-corrected chi connectivity index (χ3v) is 4.72. The van der Waals surface area contributed by atoms with Crippen molar-refractivity contribution in [3.8, 4) is 0 Å². The highest BCUT2D eigenvalue weighted by Crippen LogP contribution is 2.35. The van der Waals surface area contributed by atoms with E-state index in [1.54, 1.807) is 24.3 Å². The van der Waals surface area contributed by atoms with Crippen molar-refractivity contribution in [3.63, 3.8) is 0 Å². The van der Waals surface area contributed by atoms with Crippen LogP contribution in [0.5, 0.6) is 0 Å². The number of thioether (sulfide) groups is 1. The van der Waals surface area contributed by atoms with Gasteiger partial charge >= 0.3 is 6.18 Å². The number of benzene rings is 2. The number of hydrogen-bond acceptors (Lipinski definition) is 4. The second kappa shape index (κ2) is 7.83. The van der Waals surface area contributed by atoms with Gasteiger partial charge in [0, 0.05) is 6.42 Å².